The zero-order valence-corrected chi connectivity index (χ0v) is 21.1. The summed E-state index contributed by atoms with van der Waals surface area (Å²) in [5.41, 5.74) is 4.83. The van der Waals surface area contributed by atoms with Crippen LogP contribution in [0.1, 0.15) is 47.3 Å². The number of benzene rings is 2. The third kappa shape index (κ3) is 3.37. The minimum Gasteiger partial charge on any atom is -0.313 e. The van der Waals surface area contributed by atoms with E-state index in [1.54, 1.807) is 0 Å². The van der Waals surface area contributed by atoms with E-state index in [4.69, 9.17) is 11.6 Å². The van der Waals surface area contributed by atoms with E-state index >= 15 is 0 Å². The van der Waals surface area contributed by atoms with Crippen molar-refractivity contribution in [3.05, 3.63) is 64.3 Å². The summed E-state index contributed by atoms with van der Waals surface area (Å²) in [6.07, 6.45) is 6.81. The number of aryl methyl sites for hydroxylation is 1. The lowest BCUT2D eigenvalue weighted by atomic mass is 9.74. The first-order valence-electron chi connectivity index (χ1n) is 12.1. The molecule has 3 aromatic rings. The molecule has 0 bridgehead atoms. The molecule has 2 aromatic carbocycles. The number of hydrogen-bond acceptors (Lipinski definition) is 4. The van der Waals surface area contributed by atoms with Crippen LogP contribution in [0, 0.1) is 12.8 Å². The summed E-state index contributed by atoms with van der Waals surface area (Å²) in [5, 5.41) is 1.58. The van der Waals surface area contributed by atoms with Gasteiger partial charge < -0.3 is 4.57 Å². The van der Waals surface area contributed by atoms with Crippen LogP contribution >= 0.6 is 11.6 Å². The number of fused-ring (bicyclic) bond motifs is 1. The largest absolute Gasteiger partial charge is 0.313 e. The van der Waals surface area contributed by atoms with Crippen molar-refractivity contribution in [2.24, 2.45) is 5.92 Å². The summed E-state index contributed by atoms with van der Waals surface area (Å²) in [6, 6.07) is 14.2. The van der Waals surface area contributed by atoms with Crippen LogP contribution in [-0.2, 0) is 16.3 Å². The average molecular weight is 497 g/mol. The number of nitrogens with zero attached hydrogens (tertiary/aromatic N) is 2. The standard InChI is InChI=1S/C27H29ClN2O3S/c1-17-26(24(31)16-29-25-10-4-19-11-13-27(19,25)29)22-9-3-18(12-14-34(2,32)33)15-23(22)30(17)21-7-5-20(28)6-8-21/h3,5-9,15,19,25H,4,10-14,16H2,1-2H3. The monoisotopic (exact) mass is 496 g/mol. The molecule has 34 heavy (non-hydrogen) atoms. The average Bonchev–Trinajstić information content (AvgIpc) is 3.20. The second-order valence-electron chi connectivity index (χ2n) is 10.4. The van der Waals surface area contributed by atoms with Crippen molar-refractivity contribution in [2.75, 3.05) is 18.6 Å². The minimum absolute atomic E-state index is 0.102. The predicted octanol–water partition coefficient (Wildman–Crippen LogP) is 4.99. The first-order chi connectivity index (χ1) is 16.2. The third-order valence-electron chi connectivity index (χ3n) is 8.52. The molecule has 4 atom stereocenters. The molecule has 0 radical (unpaired) electrons. The molecule has 2 heterocycles. The van der Waals surface area contributed by atoms with E-state index in [0.717, 1.165) is 39.3 Å². The van der Waals surface area contributed by atoms with Gasteiger partial charge in [-0.05, 0) is 80.8 Å². The molecule has 3 aliphatic rings. The molecular weight excluding hydrogens is 468 g/mol. The first kappa shape index (κ1) is 22.3. The van der Waals surface area contributed by atoms with Gasteiger partial charge >= 0.3 is 0 Å². The molecule has 1 saturated heterocycles. The number of ketones is 1. The lowest BCUT2D eigenvalue weighted by molar-refractivity contribution is 0.0916. The van der Waals surface area contributed by atoms with Gasteiger partial charge in [0, 0.05) is 45.2 Å². The highest BCUT2D eigenvalue weighted by molar-refractivity contribution is 7.90. The van der Waals surface area contributed by atoms with Gasteiger partial charge in [0.1, 0.15) is 9.84 Å². The molecular formula is C27H29ClN2O3S. The summed E-state index contributed by atoms with van der Waals surface area (Å²) in [6.45, 7) is 2.49. The fraction of sp³-hybridized carbons (Fsp3) is 0.444. The number of hydrogen-bond donors (Lipinski definition) is 0. The fourth-order valence-electron chi connectivity index (χ4n) is 6.78. The molecule has 3 fully saturated rings. The van der Waals surface area contributed by atoms with Crippen LogP contribution in [0.2, 0.25) is 5.02 Å². The Bertz CT molecular complexity index is 1430. The van der Waals surface area contributed by atoms with E-state index in [9.17, 15) is 13.2 Å². The molecule has 4 unspecified atom stereocenters. The molecule has 1 spiro atoms. The summed E-state index contributed by atoms with van der Waals surface area (Å²) in [7, 11) is -3.06. The second-order valence-corrected chi connectivity index (χ2v) is 13.1. The molecule has 178 valence electrons. The molecule has 1 aromatic heterocycles. The van der Waals surface area contributed by atoms with E-state index in [0.29, 0.717) is 29.6 Å². The molecule has 0 amide bonds. The van der Waals surface area contributed by atoms with Crippen molar-refractivity contribution >= 4 is 38.1 Å². The Balaban J connectivity index is 1.40. The highest BCUT2D eigenvalue weighted by atomic mass is 35.5. The number of carbonyl (C=O) groups is 1. The first-order valence-corrected chi connectivity index (χ1v) is 14.5. The highest BCUT2D eigenvalue weighted by Crippen LogP contribution is 2.66. The maximum absolute atomic E-state index is 13.7. The molecule has 6 rings (SSSR count). The Morgan fingerprint density at radius 3 is 2.53 bits per heavy atom. The lowest BCUT2D eigenvalue weighted by Crippen LogP contribution is -2.38. The molecule has 0 N–H and O–H groups in total. The van der Waals surface area contributed by atoms with Gasteiger partial charge in [-0.3, -0.25) is 9.69 Å². The number of halogens is 1. The van der Waals surface area contributed by atoms with Gasteiger partial charge in [0.2, 0.25) is 0 Å². The quantitative estimate of drug-likeness (QED) is 0.341. The van der Waals surface area contributed by atoms with Crippen LogP contribution in [0.25, 0.3) is 16.6 Å². The predicted molar refractivity (Wildman–Crippen MR) is 136 cm³/mol. The van der Waals surface area contributed by atoms with Crippen molar-refractivity contribution in [3.63, 3.8) is 0 Å². The van der Waals surface area contributed by atoms with Crippen LogP contribution in [0.3, 0.4) is 0 Å². The molecule has 1 aliphatic heterocycles. The summed E-state index contributed by atoms with van der Waals surface area (Å²) < 4.78 is 25.5. The van der Waals surface area contributed by atoms with E-state index in [-0.39, 0.29) is 11.5 Å². The smallest absolute Gasteiger partial charge is 0.179 e. The van der Waals surface area contributed by atoms with Crippen LogP contribution < -0.4 is 0 Å². The third-order valence-corrected chi connectivity index (χ3v) is 9.72. The Morgan fingerprint density at radius 2 is 1.88 bits per heavy atom. The Kier molecular flexibility index (Phi) is 5.04. The SMILES string of the molecule is Cc1c(C(=O)CN2C3CCC4CCC432)c2ccc(CCS(C)(=O)=O)cc2n1-c1ccc(Cl)cc1. The summed E-state index contributed by atoms with van der Waals surface area (Å²) in [5.74, 6) is 1.07. The number of aromatic nitrogens is 1. The molecule has 2 saturated carbocycles. The molecule has 7 heteroatoms. The van der Waals surface area contributed by atoms with E-state index in [2.05, 4.69) is 9.47 Å². The number of piperidine rings is 1. The van der Waals surface area contributed by atoms with E-state index in [1.165, 1.54) is 31.9 Å². The lowest BCUT2D eigenvalue weighted by Gasteiger charge is -2.35. The van der Waals surface area contributed by atoms with Crippen LogP contribution in [0.5, 0.6) is 0 Å². The van der Waals surface area contributed by atoms with Gasteiger partial charge in [-0.2, -0.15) is 0 Å². The minimum atomic E-state index is -3.06. The zero-order chi connectivity index (χ0) is 23.8. The normalized spacial score (nSPS) is 27.3. The van der Waals surface area contributed by atoms with Gasteiger partial charge in [0.15, 0.2) is 5.78 Å². The van der Waals surface area contributed by atoms with Crippen LogP contribution in [0.4, 0.5) is 0 Å². The summed E-state index contributed by atoms with van der Waals surface area (Å²) in [4.78, 5) is 16.2. The van der Waals surface area contributed by atoms with Gasteiger partial charge in [-0.15, -0.1) is 0 Å². The van der Waals surface area contributed by atoms with Crippen LogP contribution in [-0.4, -0.2) is 53.8 Å². The van der Waals surface area contributed by atoms with Gasteiger partial charge in [0.05, 0.1) is 17.8 Å². The van der Waals surface area contributed by atoms with Crippen molar-refractivity contribution < 1.29 is 13.2 Å². The number of sulfone groups is 1. The number of Topliss-reactive ketones (excluding diaryl/α,β-unsaturated/α-hetero) is 1. The van der Waals surface area contributed by atoms with E-state index in [1.807, 2.05) is 49.4 Å². The molecule has 2 aliphatic carbocycles. The van der Waals surface area contributed by atoms with Crippen molar-refractivity contribution in [2.45, 2.75) is 50.6 Å². The topological polar surface area (TPSA) is 59.1 Å². The van der Waals surface area contributed by atoms with Crippen LogP contribution in [0.15, 0.2) is 42.5 Å². The maximum atomic E-state index is 13.7. The fourth-order valence-corrected chi connectivity index (χ4v) is 7.51. The van der Waals surface area contributed by atoms with Gasteiger partial charge in [0.25, 0.3) is 0 Å². The van der Waals surface area contributed by atoms with Gasteiger partial charge in [-0.1, -0.05) is 23.7 Å². The maximum Gasteiger partial charge on any atom is 0.179 e. The highest BCUT2D eigenvalue weighted by Gasteiger charge is 2.73. The Hall–Kier alpha value is -2.15. The van der Waals surface area contributed by atoms with Gasteiger partial charge in [-0.25, -0.2) is 8.42 Å². The second kappa shape index (κ2) is 7.67. The number of carbonyl (C=O) groups excluding carboxylic acids is 1. The van der Waals surface area contributed by atoms with Crippen molar-refractivity contribution in [3.8, 4) is 5.69 Å². The van der Waals surface area contributed by atoms with Crippen molar-refractivity contribution in [1.82, 2.24) is 9.47 Å². The zero-order valence-electron chi connectivity index (χ0n) is 19.6. The Labute approximate surface area is 205 Å². The Morgan fingerprint density at radius 1 is 1.12 bits per heavy atom. The summed E-state index contributed by atoms with van der Waals surface area (Å²) >= 11 is 6.14. The molecule has 5 nitrogen and oxygen atoms in total. The van der Waals surface area contributed by atoms with E-state index < -0.39 is 9.84 Å². The number of rotatable bonds is 7. The number of likely N-dealkylation sites (tertiary alicyclic amines) is 1. The van der Waals surface area contributed by atoms with Crippen molar-refractivity contribution in [1.29, 1.82) is 0 Å².